The summed E-state index contributed by atoms with van der Waals surface area (Å²) >= 11 is 0. The van der Waals surface area contributed by atoms with Gasteiger partial charge in [-0.25, -0.2) is 0 Å². The third-order valence-electron chi connectivity index (χ3n) is 0.167. The Morgan fingerprint density at radius 1 is 1.00 bits per heavy atom. The number of hydrogen-bond acceptors (Lipinski definition) is 2. The van der Waals surface area contributed by atoms with Crippen LogP contribution in [0.25, 0.3) is 0 Å². The SMILES string of the molecule is NCCN.[Fe+3].[NH4+]. The molecule has 0 aromatic heterocycles. The molecule has 0 aromatic rings. The zero-order valence-corrected chi connectivity index (χ0v) is 5.03. The molecule has 0 bridgehead atoms. The molecular weight excluding hydrogens is 122 g/mol. The largest absolute Gasteiger partial charge is 3.00 e. The summed E-state index contributed by atoms with van der Waals surface area (Å²) in [5.41, 5.74) is 9.81. The van der Waals surface area contributed by atoms with Crippen molar-refractivity contribution in [2.24, 2.45) is 11.5 Å². The Kier molecular flexibility index (Phi) is 48.8. The summed E-state index contributed by atoms with van der Waals surface area (Å²) in [5.74, 6) is 0. The van der Waals surface area contributed by atoms with E-state index in [1.807, 2.05) is 0 Å². The number of quaternary nitrogens is 1. The molecule has 39 valence electrons. The van der Waals surface area contributed by atoms with E-state index in [2.05, 4.69) is 0 Å². The number of rotatable bonds is 1. The second-order valence-electron chi connectivity index (χ2n) is 0.577. The summed E-state index contributed by atoms with van der Waals surface area (Å²) in [6.07, 6.45) is 0. The van der Waals surface area contributed by atoms with Crippen LogP contribution in [0.5, 0.6) is 0 Å². The quantitative estimate of drug-likeness (QED) is 0.413. The van der Waals surface area contributed by atoms with Gasteiger partial charge in [-0.15, -0.1) is 0 Å². The molecule has 0 amide bonds. The number of nitrogens with two attached hydrogens (primary N) is 2. The fourth-order valence-corrected chi connectivity index (χ4v) is 0. The van der Waals surface area contributed by atoms with Crippen LogP contribution < -0.4 is 17.6 Å². The zero-order valence-electron chi connectivity index (χ0n) is 3.92. The molecule has 3 nitrogen and oxygen atoms in total. The molecule has 0 aliphatic rings. The van der Waals surface area contributed by atoms with Crippen molar-refractivity contribution in [3.8, 4) is 0 Å². The average molecular weight is 134 g/mol. The molecule has 1 radical (unpaired) electrons. The normalized spacial score (nSPS) is 5.00. The van der Waals surface area contributed by atoms with E-state index < -0.39 is 0 Å². The van der Waals surface area contributed by atoms with Crippen molar-refractivity contribution in [3.63, 3.8) is 0 Å². The molecule has 4 heteroatoms. The second-order valence-corrected chi connectivity index (χ2v) is 0.577. The predicted molar refractivity (Wildman–Crippen MR) is 24.1 cm³/mol. The molecule has 0 unspecified atom stereocenters. The van der Waals surface area contributed by atoms with E-state index in [1.165, 1.54) is 0 Å². The van der Waals surface area contributed by atoms with Crippen LogP contribution in [0.15, 0.2) is 0 Å². The predicted octanol–water partition coefficient (Wildman–Crippen LogP) is -0.722. The van der Waals surface area contributed by atoms with Gasteiger partial charge in [-0.05, 0) is 0 Å². The van der Waals surface area contributed by atoms with Crippen molar-refractivity contribution in [2.45, 2.75) is 0 Å². The van der Waals surface area contributed by atoms with Gasteiger partial charge < -0.3 is 17.6 Å². The van der Waals surface area contributed by atoms with E-state index in [1.54, 1.807) is 0 Å². The van der Waals surface area contributed by atoms with Gasteiger partial charge in [0, 0.05) is 13.1 Å². The molecule has 0 saturated heterocycles. The average Bonchev–Trinajstić information content (AvgIpc) is 1.37. The molecule has 0 atom stereocenters. The summed E-state index contributed by atoms with van der Waals surface area (Å²) in [7, 11) is 0. The maximum absolute atomic E-state index is 4.90. The van der Waals surface area contributed by atoms with Crippen LogP contribution >= 0.6 is 0 Å². The Morgan fingerprint density at radius 2 is 1.17 bits per heavy atom. The maximum Gasteiger partial charge on any atom is 3.00 e. The Labute approximate surface area is 48.5 Å². The molecule has 0 aliphatic carbocycles. The molecule has 0 aromatic carbocycles. The molecule has 0 rings (SSSR count). The molecule has 0 saturated carbocycles. The van der Waals surface area contributed by atoms with Gasteiger partial charge in [-0.1, -0.05) is 0 Å². The molecule has 0 fully saturated rings. The van der Waals surface area contributed by atoms with Crippen molar-refractivity contribution < 1.29 is 17.1 Å². The van der Waals surface area contributed by atoms with E-state index in [4.69, 9.17) is 11.5 Å². The van der Waals surface area contributed by atoms with Crippen LogP contribution in [0.3, 0.4) is 0 Å². The topological polar surface area (TPSA) is 88.5 Å². The summed E-state index contributed by atoms with van der Waals surface area (Å²) in [4.78, 5) is 0. The fourth-order valence-electron chi connectivity index (χ4n) is 0. The smallest absolute Gasteiger partial charge is 0.369 e. The van der Waals surface area contributed by atoms with Gasteiger partial charge in [0.1, 0.15) is 0 Å². The van der Waals surface area contributed by atoms with Gasteiger partial charge in [0.25, 0.3) is 0 Å². The zero-order chi connectivity index (χ0) is 3.41. The van der Waals surface area contributed by atoms with Gasteiger partial charge in [0.15, 0.2) is 0 Å². The molecular formula is C2H12FeN3+4. The van der Waals surface area contributed by atoms with E-state index in [9.17, 15) is 0 Å². The first-order chi connectivity index (χ1) is 1.91. The van der Waals surface area contributed by atoms with Gasteiger partial charge in [-0.2, -0.15) is 0 Å². The Morgan fingerprint density at radius 3 is 1.17 bits per heavy atom. The minimum atomic E-state index is 0. The third kappa shape index (κ3) is 26.0. The van der Waals surface area contributed by atoms with Crippen LogP contribution in [0.2, 0.25) is 0 Å². The summed E-state index contributed by atoms with van der Waals surface area (Å²) in [6.45, 7) is 1.19. The Balaban J connectivity index is -0.0000000450. The molecule has 6 heavy (non-hydrogen) atoms. The van der Waals surface area contributed by atoms with Crippen LogP contribution in [-0.4, -0.2) is 13.1 Å². The Bertz CT molecular complexity index is 10.8. The molecule has 0 heterocycles. The van der Waals surface area contributed by atoms with Crippen LogP contribution in [0.4, 0.5) is 0 Å². The first-order valence-corrected chi connectivity index (χ1v) is 1.32. The van der Waals surface area contributed by atoms with E-state index >= 15 is 0 Å². The van der Waals surface area contributed by atoms with Crippen molar-refractivity contribution in [1.82, 2.24) is 6.15 Å². The van der Waals surface area contributed by atoms with Crippen molar-refractivity contribution in [1.29, 1.82) is 0 Å². The van der Waals surface area contributed by atoms with E-state index in [0.717, 1.165) is 0 Å². The molecule has 8 N–H and O–H groups in total. The third-order valence-corrected chi connectivity index (χ3v) is 0.167. The first kappa shape index (κ1) is 16.1. The standard InChI is InChI=1S/C2H8N2.Fe.H3N/c3-1-2-4;;/h1-4H2;;1H3/q;+3;/p+1. The van der Waals surface area contributed by atoms with Crippen molar-refractivity contribution in [3.05, 3.63) is 0 Å². The Hall–Kier alpha value is 0.399. The van der Waals surface area contributed by atoms with Gasteiger partial charge in [0.05, 0.1) is 0 Å². The monoisotopic (exact) mass is 134 g/mol. The maximum atomic E-state index is 4.90. The molecule has 0 spiro atoms. The second kappa shape index (κ2) is 18.2. The summed E-state index contributed by atoms with van der Waals surface area (Å²) in [6, 6.07) is 0. The fraction of sp³-hybridized carbons (Fsp3) is 1.00. The minimum Gasteiger partial charge on any atom is -0.369 e. The summed E-state index contributed by atoms with van der Waals surface area (Å²) < 4.78 is 0. The van der Waals surface area contributed by atoms with Crippen LogP contribution in [0.1, 0.15) is 0 Å². The van der Waals surface area contributed by atoms with E-state index in [0.29, 0.717) is 13.1 Å². The minimum absolute atomic E-state index is 0. The van der Waals surface area contributed by atoms with Crippen molar-refractivity contribution in [2.75, 3.05) is 13.1 Å². The van der Waals surface area contributed by atoms with Crippen LogP contribution in [0, 0.1) is 0 Å². The van der Waals surface area contributed by atoms with Gasteiger partial charge >= 0.3 is 17.1 Å². The van der Waals surface area contributed by atoms with Crippen LogP contribution in [-0.2, 0) is 17.1 Å². The number of hydrogen-bond donors (Lipinski definition) is 3. The first-order valence-electron chi connectivity index (χ1n) is 1.32. The van der Waals surface area contributed by atoms with E-state index in [-0.39, 0.29) is 23.2 Å². The molecule has 0 aliphatic heterocycles. The summed E-state index contributed by atoms with van der Waals surface area (Å²) in [5, 5.41) is 0. The van der Waals surface area contributed by atoms with Crippen molar-refractivity contribution >= 4 is 0 Å². The van der Waals surface area contributed by atoms with Gasteiger partial charge in [-0.3, -0.25) is 0 Å². The van der Waals surface area contributed by atoms with Gasteiger partial charge in [0.2, 0.25) is 0 Å².